The van der Waals surface area contributed by atoms with Gasteiger partial charge < -0.3 is 9.80 Å². The Bertz CT molecular complexity index is 793. The van der Waals surface area contributed by atoms with Crippen LogP contribution in [0, 0.1) is 6.92 Å². The molecule has 2 aromatic heterocycles. The highest BCUT2D eigenvalue weighted by Gasteiger charge is 2.23. The van der Waals surface area contributed by atoms with Crippen molar-refractivity contribution in [3.8, 4) is 11.3 Å². The van der Waals surface area contributed by atoms with Gasteiger partial charge in [-0.1, -0.05) is 6.08 Å². The molecule has 2 aliphatic heterocycles. The number of hydrogen-bond acceptors (Lipinski definition) is 5. The average Bonchev–Trinajstić information content (AvgIpc) is 2.91. The SMILES string of the molecule is Cc1ncccc1-c1cc2c(nn1)CN(C)C=C1C=CCN12. The first-order valence-corrected chi connectivity index (χ1v) is 7.37. The van der Waals surface area contributed by atoms with Gasteiger partial charge in [0, 0.05) is 37.2 Å². The van der Waals surface area contributed by atoms with Crippen molar-refractivity contribution in [2.45, 2.75) is 13.5 Å². The molecule has 4 rings (SSSR count). The number of anilines is 1. The minimum atomic E-state index is 0.766. The summed E-state index contributed by atoms with van der Waals surface area (Å²) in [5.41, 5.74) is 6.21. The number of fused-ring (bicyclic) bond motifs is 3. The van der Waals surface area contributed by atoms with Crippen molar-refractivity contribution in [2.75, 3.05) is 18.5 Å². The molecule has 0 fully saturated rings. The fourth-order valence-corrected chi connectivity index (χ4v) is 2.97. The predicted octanol–water partition coefficient (Wildman–Crippen LogP) is 2.51. The molecular weight excluding hydrogens is 274 g/mol. The molecule has 5 nitrogen and oxygen atoms in total. The second-order valence-electron chi connectivity index (χ2n) is 5.68. The number of allylic oxidation sites excluding steroid dienone is 1. The molecule has 0 N–H and O–H groups in total. The quantitative estimate of drug-likeness (QED) is 0.808. The number of aromatic nitrogens is 3. The zero-order valence-corrected chi connectivity index (χ0v) is 12.7. The maximum atomic E-state index is 4.49. The molecular formula is C17H17N5. The molecule has 0 atom stereocenters. The normalized spacial score (nSPS) is 16.2. The van der Waals surface area contributed by atoms with Crippen LogP contribution < -0.4 is 4.90 Å². The molecule has 0 amide bonds. The fraction of sp³-hybridized carbons (Fsp3) is 0.235. The number of aryl methyl sites for hydroxylation is 1. The van der Waals surface area contributed by atoms with Crippen molar-refractivity contribution >= 4 is 5.69 Å². The van der Waals surface area contributed by atoms with Gasteiger partial charge in [-0.3, -0.25) is 4.98 Å². The third-order valence-corrected chi connectivity index (χ3v) is 4.06. The molecule has 0 unspecified atom stereocenters. The first-order chi connectivity index (χ1) is 10.7. The van der Waals surface area contributed by atoms with E-state index in [0.29, 0.717) is 0 Å². The molecule has 22 heavy (non-hydrogen) atoms. The Balaban J connectivity index is 1.85. The summed E-state index contributed by atoms with van der Waals surface area (Å²) in [5, 5.41) is 8.91. The van der Waals surface area contributed by atoms with Crippen molar-refractivity contribution in [3.63, 3.8) is 0 Å². The summed E-state index contributed by atoms with van der Waals surface area (Å²) in [7, 11) is 2.06. The first-order valence-electron chi connectivity index (χ1n) is 7.37. The fourth-order valence-electron chi connectivity index (χ4n) is 2.97. The van der Waals surface area contributed by atoms with E-state index in [1.54, 1.807) is 6.20 Å². The summed E-state index contributed by atoms with van der Waals surface area (Å²) in [6, 6.07) is 6.11. The van der Waals surface area contributed by atoms with Gasteiger partial charge in [-0.15, -0.1) is 5.10 Å². The second kappa shape index (κ2) is 4.94. The number of hydrogen-bond donors (Lipinski definition) is 0. The highest BCUT2D eigenvalue weighted by Crippen LogP contribution is 2.33. The Hall–Kier alpha value is -2.69. The van der Waals surface area contributed by atoms with Crippen molar-refractivity contribution in [1.82, 2.24) is 20.1 Å². The molecule has 0 aliphatic carbocycles. The van der Waals surface area contributed by atoms with Crippen LogP contribution in [0.15, 0.2) is 48.4 Å². The van der Waals surface area contributed by atoms with Gasteiger partial charge in [0.1, 0.15) is 5.69 Å². The molecule has 0 aromatic carbocycles. The van der Waals surface area contributed by atoms with Crippen LogP contribution in [0.2, 0.25) is 0 Å². The zero-order chi connectivity index (χ0) is 15.1. The number of rotatable bonds is 1. The van der Waals surface area contributed by atoms with Crippen molar-refractivity contribution in [3.05, 3.63) is 59.8 Å². The summed E-state index contributed by atoms with van der Waals surface area (Å²) in [6.07, 6.45) is 8.28. The monoisotopic (exact) mass is 291 g/mol. The third kappa shape index (κ3) is 2.06. The van der Waals surface area contributed by atoms with E-state index in [0.717, 1.165) is 41.4 Å². The average molecular weight is 291 g/mol. The molecule has 0 saturated heterocycles. The van der Waals surface area contributed by atoms with Crippen LogP contribution in [0.1, 0.15) is 11.4 Å². The Kier molecular flexibility index (Phi) is 2.92. The van der Waals surface area contributed by atoms with Crippen LogP contribution >= 0.6 is 0 Å². The minimum absolute atomic E-state index is 0.766. The Morgan fingerprint density at radius 3 is 3.00 bits per heavy atom. The highest BCUT2D eigenvalue weighted by molar-refractivity contribution is 5.70. The number of pyridine rings is 1. The lowest BCUT2D eigenvalue weighted by Crippen LogP contribution is -2.18. The topological polar surface area (TPSA) is 45.2 Å². The van der Waals surface area contributed by atoms with Crippen LogP contribution in [-0.4, -0.2) is 33.7 Å². The van der Waals surface area contributed by atoms with Gasteiger partial charge in [-0.25, -0.2) is 0 Å². The predicted molar refractivity (Wildman–Crippen MR) is 86.0 cm³/mol. The van der Waals surface area contributed by atoms with Gasteiger partial charge in [0.15, 0.2) is 0 Å². The zero-order valence-electron chi connectivity index (χ0n) is 12.7. The van der Waals surface area contributed by atoms with Crippen LogP contribution in [-0.2, 0) is 6.54 Å². The summed E-state index contributed by atoms with van der Waals surface area (Å²) >= 11 is 0. The Morgan fingerprint density at radius 1 is 1.23 bits per heavy atom. The second-order valence-corrected chi connectivity index (χ2v) is 5.68. The molecule has 2 aromatic rings. The molecule has 4 heterocycles. The van der Waals surface area contributed by atoms with Crippen LogP contribution in [0.4, 0.5) is 5.69 Å². The largest absolute Gasteiger partial charge is 0.373 e. The van der Waals surface area contributed by atoms with E-state index in [-0.39, 0.29) is 0 Å². The van der Waals surface area contributed by atoms with Gasteiger partial charge in [0.2, 0.25) is 0 Å². The summed E-state index contributed by atoms with van der Waals surface area (Å²) in [6.45, 7) is 3.64. The van der Waals surface area contributed by atoms with E-state index in [4.69, 9.17) is 0 Å². The highest BCUT2D eigenvalue weighted by atomic mass is 15.2. The van der Waals surface area contributed by atoms with Crippen molar-refractivity contribution in [2.24, 2.45) is 0 Å². The molecule has 0 bridgehead atoms. The lowest BCUT2D eigenvalue weighted by molar-refractivity contribution is 0.443. The van der Waals surface area contributed by atoms with Gasteiger partial charge in [-0.2, -0.15) is 5.10 Å². The lowest BCUT2D eigenvalue weighted by atomic mass is 10.1. The van der Waals surface area contributed by atoms with E-state index in [2.05, 4.69) is 56.4 Å². The van der Waals surface area contributed by atoms with Gasteiger partial charge >= 0.3 is 0 Å². The van der Waals surface area contributed by atoms with Gasteiger partial charge in [0.05, 0.1) is 23.6 Å². The van der Waals surface area contributed by atoms with Crippen LogP contribution in [0.25, 0.3) is 11.3 Å². The smallest absolute Gasteiger partial charge is 0.106 e. The van der Waals surface area contributed by atoms with Gasteiger partial charge in [-0.05, 0) is 31.2 Å². The molecule has 110 valence electrons. The maximum Gasteiger partial charge on any atom is 0.106 e. The summed E-state index contributed by atoms with van der Waals surface area (Å²) in [4.78, 5) is 8.78. The molecule has 2 aliphatic rings. The van der Waals surface area contributed by atoms with Crippen LogP contribution in [0.5, 0.6) is 0 Å². The Morgan fingerprint density at radius 2 is 2.14 bits per heavy atom. The van der Waals surface area contributed by atoms with Crippen molar-refractivity contribution in [1.29, 1.82) is 0 Å². The minimum Gasteiger partial charge on any atom is -0.373 e. The maximum absolute atomic E-state index is 4.49. The third-order valence-electron chi connectivity index (χ3n) is 4.06. The number of nitrogens with zero attached hydrogens (tertiary/aromatic N) is 5. The summed E-state index contributed by atoms with van der Waals surface area (Å²) < 4.78 is 0. The molecule has 5 heteroatoms. The van der Waals surface area contributed by atoms with Gasteiger partial charge in [0.25, 0.3) is 0 Å². The van der Waals surface area contributed by atoms with E-state index in [9.17, 15) is 0 Å². The molecule has 0 radical (unpaired) electrons. The molecule has 0 spiro atoms. The van der Waals surface area contributed by atoms with E-state index in [1.165, 1.54) is 5.70 Å². The molecule has 0 saturated carbocycles. The first kappa shape index (κ1) is 13.0. The lowest BCUT2D eigenvalue weighted by Gasteiger charge is -2.20. The Labute approximate surface area is 129 Å². The van der Waals surface area contributed by atoms with Crippen LogP contribution in [0.3, 0.4) is 0 Å². The van der Waals surface area contributed by atoms with E-state index < -0.39 is 0 Å². The van der Waals surface area contributed by atoms with Crippen molar-refractivity contribution < 1.29 is 0 Å². The van der Waals surface area contributed by atoms with E-state index in [1.807, 2.05) is 19.1 Å². The van der Waals surface area contributed by atoms with E-state index >= 15 is 0 Å². The standard InChI is InChI=1S/C17H17N5/c1-12-14(6-3-7-18-12)15-9-17-16(20-19-15)11-21(2)10-13-5-4-8-22(13)17/h3-7,9-10H,8,11H2,1-2H3. The summed E-state index contributed by atoms with van der Waals surface area (Å²) in [5.74, 6) is 0.